The first-order valence-electron chi connectivity index (χ1n) is 7.37. The Hall–Kier alpha value is -0.950. The number of nitrogens with one attached hydrogen (secondary N) is 1. The molecule has 1 aliphatic heterocycles. The number of rotatable bonds is 3. The second-order valence-corrected chi connectivity index (χ2v) is 8.50. The van der Waals surface area contributed by atoms with Crippen molar-refractivity contribution >= 4 is 36.7 Å². The summed E-state index contributed by atoms with van der Waals surface area (Å²) in [6.07, 6.45) is 1.92. The van der Waals surface area contributed by atoms with Crippen molar-refractivity contribution in [2.75, 3.05) is 20.1 Å². The van der Waals surface area contributed by atoms with Crippen LogP contribution in [0.4, 0.5) is 0 Å². The Bertz CT molecular complexity index is 792. The van der Waals surface area contributed by atoms with Crippen LogP contribution in [0.3, 0.4) is 0 Å². The molecule has 22 heavy (non-hydrogen) atoms. The van der Waals surface area contributed by atoms with Gasteiger partial charge in [0.2, 0.25) is 10.0 Å². The molecule has 1 N–H and O–H groups in total. The maximum absolute atomic E-state index is 12.8. The third kappa shape index (κ3) is 3.06. The van der Waals surface area contributed by atoms with Gasteiger partial charge in [-0.15, -0.1) is 0 Å². The lowest BCUT2D eigenvalue weighted by molar-refractivity contribution is 0.293. The Labute approximate surface area is 139 Å². The molecule has 6 heteroatoms. The summed E-state index contributed by atoms with van der Waals surface area (Å²) in [6, 6.07) is 11.4. The number of piperidine rings is 1. The van der Waals surface area contributed by atoms with Crippen LogP contribution in [0.25, 0.3) is 10.8 Å². The summed E-state index contributed by atoms with van der Waals surface area (Å²) in [4.78, 5) is 0.374. The number of sulfonamides is 1. The molecule has 0 saturated carbocycles. The first kappa shape index (κ1) is 15.9. The van der Waals surface area contributed by atoms with Gasteiger partial charge >= 0.3 is 0 Å². The average molecular weight is 383 g/mol. The number of hydrogen-bond donors (Lipinski definition) is 1. The first-order chi connectivity index (χ1) is 10.5. The predicted molar refractivity (Wildman–Crippen MR) is 92.5 cm³/mol. The lowest BCUT2D eigenvalue weighted by Gasteiger charge is -2.31. The molecule has 0 amide bonds. The third-order valence-corrected chi connectivity index (χ3v) is 6.56. The van der Waals surface area contributed by atoms with Crippen LogP contribution in [0.5, 0.6) is 0 Å². The Kier molecular flexibility index (Phi) is 4.54. The molecule has 2 aromatic rings. The first-order valence-corrected chi connectivity index (χ1v) is 9.61. The molecule has 3 rings (SSSR count). The van der Waals surface area contributed by atoms with Crippen molar-refractivity contribution in [1.29, 1.82) is 0 Å². The van der Waals surface area contributed by atoms with Gasteiger partial charge in [0.05, 0.1) is 4.90 Å². The molecule has 1 saturated heterocycles. The molecule has 1 fully saturated rings. The minimum absolute atomic E-state index is 0.236. The van der Waals surface area contributed by atoms with Gasteiger partial charge < -0.3 is 5.32 Å². The van der Waals surface area contributed by atoms with E-state index in [0.29, 0.717) is 18.0 Å². The van der Waals surface area contributed by atoms with Gasteiger partial charge in [-0.1, -0.05) is 28.1 Å². The van der Waals surface area contributed by atoms with Crippen LogP contribution in [0.15, 0.2) is 45.8 Å². The molecule has 0 aromatic heterocycles. The summed E-state index contributed by atoms with van der Waals surface area (Å²) < 4.78 is 28.3. The van der Waals surface area contributed by atoms with Gasteiger partial charge in [0.25, 0.3) is 0 Å². The number of fused-ring (bicyclic) bond motifs is 1. The highest BCUT2D eigenvalue weighted by Crippen LogP contribution is 2.26. The van der Waals surface area contributed by atoms with Gasteiger partial charge in [0.1, 0.15) is 0 Å². The maximum atomic E-state index is 12.8. The molecular formula is C16H19BrN2O2S. The van der Waals surface area contributed by atoms with Crippen molar-refractivity contribution in [3.8, 4) is 0 Å². The van der Waals surface area contributed by atoms with Gasteiger partial charge in [-0.25, -0.2) is 8.42 Å². The third-order valence-electron chi connectivity index (χ3n) is 4.20. The van der Waals surface area contributed by atoms with Crippen LogP contribution >= 0.6 is 15.9 Å². The lowest BCUT2D eigenvalue weighted by Crippen LogP contribution is -2.46. The van der Waals surface area contributed by atoms with E-state index in [4.69, 9.17) is 0 Å². The molecule has 0 bridgehead atoms. The van der Waals surface area contributed by atoms with Crippen LogP contribution in [-0.4, -0.2) is 38.9 Å². The minimum Gasteiger partial charge on any atom is -0.316 e. The van der Waals surface area contributed by atoms with Gasteiger partial charge in [-0.2, -0.15) is 4.31 Å². The van der Waals surface area contributed by atoms with E-state index in [0.717, 1.165) is 28.1 Å². The summed E-state index contributed by atoms with van der Waals surface area (Å²) in [5, 5.41) is 5.15. The normalized spacial score (nSPS) is 20.4. The molecule has 0 spiro atoms. The fourth-order valence-electron chi connectivity index (χ4n) is 2.90. The highest BCUT2D eigenvalue weighted by Gasteiger charge is 2.29. The molecule has 0 aliphatic carbocycles. The number of likely N-dealkylation sites (N-methyl/N-ethyl adjacent to an activating group) is 1. The summed E-state index contributed by atoms with van der Waals surface area (Å²) in [5.41, 5.74) is 0. The maximum Gasteiger partial charge on any atom is 0.243 e. The Morgan fingerprint density at radius 3 is 2.68 bits per heavy atom. The highest BCUT2D eigenvalue weighted by molar-refractivity contribution is 9.10. The largest absolute Gasteiger partial charge is 0.316 e. The smallest absolute Gasteiger partial charge is 0.243 e. The fraction of sp³-hybridized carbons (Fsp3) is 0.375. The van der Waals surface area contributed by atoms with Crippen LogP contribution in [0.2, 0.25) is 0 Å². The summed E-state index contributed by atoms with van der Waals surface area (Å²) in [7, 11) is -1.54. The molecule has 1 unspecified atom stereocenters. The van der Waals surface area contributed by atoms with Crippen LogP contribution in [0, 0.1) is 0 Å². The molecule has 2 aromatic carbocycles. The molecule has 0 radical (unpaired) electrons. The van der Waals surface area contributed by atoms with E-state index in [2.05, 4.69) is 21.2 Å². The zero-order valence-corrected chi connectivity index (χ0v) is 14.8. The summed E-state index contributed by atoms with van der Waals surface area (Å²) >= 11 is 3.43. The molecule has 4 nitrogen and oxygen atoms in total. The van der Waals surface area contributed by atoms with Gasteiger partial charge in [0, 0.05) is 23.6 Å². The predicted octanol–water partition coefficient (Wildman–Crippen LogP) is 2.97. The van der Waals surface area contributed by atoms with Crippen molar-refractivity contribution < 1.29 is 8.42 Å². The van der Waals surface area contributed by atoms with Crippen molar-refractivity contribution in [3.63, 3.8) is 0 Å². The Balaban J connectivity index is 1.96. The fourth-order valence-corrected chi connectivity index (χ4v) is 4.84. The highest BCUT2D eigenvalue weighted by atomic mass is 79.9. The van der Waals surface area contributed by atoms with E-state index < -0.39 is 10.0 Å². The zero-order chi connectivity index (χ0) is 15.7. The molecule has 1 atom stereocenters. The second kappa shape index (κ2) is 6.28. The van der Waals surface area contributed by atoms with E-state index in [1.54, 1.807) is 16.4 Å². The van der Waals surface area contributed by atoms with Crippen molar-refractivity contribution in [1.82, 2.24) is 9.62 Å². The van der Waals surface area contributed by atoms with Crippen molar-refractivity contribution in [3.05, 3.63) is 40.9 Å². The number of benzene rings is 2. The second-order valence-electron chi connectivity index (χ2n) is 5.64. The van der Waals surface area contributed by atoms with E-state index in [1.807, 2.05) is 31.3 Å². The Morgan fingerprint density at radius 1 is 1.18 bits per heavy atom. The van der Waals surface area contributed by atoms with Crippen LogP contribution in [0.1, 0.15) is 12.8 Å². The quantitative estimate of drug-likeness (QED) is 0.887. The van der Waals surface area contributed by atoms with Crippen molar-refractivity contribution in [2.24, 2.45) is 0 Å². The van der Waals surface area contributed by atoms with E-state index in [9.17, 15) is 8.42 Å². The van der Waals surface area contributed by atoms with Crippen LogP contribution < -0.4 is 5.32 Å². The molecule has 1 aliphatic rings. The van der Waals surface area contributed by atoms with Crippen molar-refractivity contribution in [2.45, 2.75) is 23.8 Å². The standard InChI is InChI=1S/C16H19BrN2O2S/c1-18-15-3-2-8-19(11-15)22(20,21)16-7-5-12-9-14(17)6-4-13(12)10-16/h4-7,9-10,15,18H,2-3,8,11H2,1H3. The van der Waals surface area contributed by atoms with E-state index in [-0.39, 0.29) is 6.04 Å². The van der Waals surface area contributed by atoms with Gasteiger partial charge in [0.15, 0.2) is 0 Å². The zero-order valence-electron chi connectivity index (χ0n) is 12.4. The molecule has 1 heterocycles. The summed E-state index contributed by atoms with van der Waals surface area (Å²) in [6.45, 7) is 1.14. The number of nitrogens with zero attached hydrogens (tertiary/aromatic N) is 1. The number of hydrogen-bond acceptors (Lipinski definition) is 3. The number of halogens is 1. The summed E-state index contributed by atoms with van der Waals surface area (Å²) in [5.74, 6) is 0. The monoisotopic (exact) mass is 382 g/mol. The van der Waals surface area contributed by atoms with E-state index in [1.165, 1.54) is 0 Å². The van der Waals surface area contributed by atoms with Crippen LogP contribution in [-0.2, 0) is 10.0 Å². The van der Waals surface area contributed by atoms with Gasteiger partial charge in [-0.05, 0) is 54.9 Å². The van der Waals surface area contributed by atoms with E-state index >= 15 is 0 Å². The molecule has 118 valence electrons. The molecular weight excluding hydrogens is 364 g/mol. The average Bonchev–Trinajstić information content (AvgIpc) is 2.54. The SMILES string of the molecule is CNC1CCCN(S(=O)(=O)c2ccc3cc(Br)ccc3c2)C1. The van der Waals surface area contributed by atoms with Gasteiger partial charge in [-0.3, -0.25) is 0 Å². The Morgan fingerprint density at radius 2 is 1.91 bits per heavy atom. The minimum atomic E-state index is -3.43. The lowest BCUT2D eigenvalue weighted by atomic mass is 10.1. The topological polar surface area (TPSA) is 49.4 Å².